The van der Waals surface area contributed by atoms with Crippen LogP contribution in [0.2, 0.25) is 0 Å². The SMILES string of the molecule is O=c1ccn(-c2ccccc2OC2CC2)c(=O)[nH]1. The normalized spacial score (nSPS) is 14.4. The van der Waals surface area contributed by atoms with Crippen LogP contribution >= 0.6 is 0 Å². The van der Waals surface area contributed by atoms with Crippen LogP contribution < -0.4 is 16.0 Å². The summed E-state index contributed by atoms with van der Waals surface area (Å²) in [5.74, 6) is 0.661. The van der Waals surface area contributed by atoms with Gasteiger partial charge >= 0.3 is 5.69 Å². The minimum atomic E-state index is -0.464. The van der Waals surface area contributed by atoms with Crippen LogP contribution in [0.25, 0.3) is 5.69 Å². The summed E-state index contributed by atoms with van der Waals surface area (Å²) in [6.07, 6.45) is 3.81. The lowest BCUT2D eigenvalue weighted by atomic mass is 10.3. The molecule has 0 unspecified atom stereocenters. The van der Waals surface area contributed by atoms with Crippen molar-refractivity contribution in [3.63, 3.8) is 0 Å². The highest BCUT2D eigenvalue weighted by atomic mass is 16.5. The lowest BCUT2D eigenvalue weighted by molar-refractivity contribution is 0.302. The number of H-pyrrole nitrogens is 1. The van der Waals surface area contributed by atoms with E-state index in [1.165, 1.54) is 16.8 Å². The number of rotatable bonds is 3. The van der Waals surface area contributed by atoms with Gasteiger partial charge in [-0.15, -0.1) is 0 Å². The largest absolute Gasteiger partial charge is 0.488 e. The van der Waals surface area contributed by atoms with Gasteiger partial charge in [0.1, 0.15) is 5.75 Å². The molecule has 1 saturated carbocycles. The van der Waals surface area contributed by atoms with Crippen molar-refractivity contribution in [1.29, 1.82) is 0 Å². The van der Waals surface area contributed by atoms with E-state index in [0.29, 0.717) is 11.4 Å². The van der Waals surface area contributed by atoms with E-state index >= 15 is 0 Å². The number of aromatic amines is 1. The summed E-state index contributed by atoms with van der Waals surface area (Å²) in [5, 5.41) is 0. The van der Waals surface area contributed by atoms with E-state index < -0.39 is 11.2 Å². The van der Waals surface area contributed by atoms with Gasteiger partial charge in [-0.25, -0.2) is 4.79 Å². The standard InChI is InChI=1S/C13H12N2O3/c16-12-7-8-15(13(17)14-12)10-3-1-2-4-11(10)18-9-5-6-9/h1-4,7-9H,5-6H2,(H,14,16,17). The Kier molecular flexibility index (Phi) is 2.51. The fourth-order valence-electron chi connectivity index (χ4n) is 1.73. The zero-order valence-electron chi connectivity index (χ0n) is 9.63. The van der Waals surface area contributed by atoms with Crippen molar-refractivity contribution in [3.05, 3.63) is 57.4 Å². The molecule has 92 valence electrons. The maximum Gasteiger partial charge on any atom is 0.333 e. The first-order chi connectivity index (χ1) is 8.74. The van der Waals surface area contributed by atoms with Gasteiger partial charge in [0.25, 0.3) is 5.56 Å². The molecular weight excluding hydrogens is 232 g/mol. The van der Waals surface area contributed by atoms with Crippen molar-refractivity contribution in [2.45, 2.75) is 18.9 Å². The molecule has 1 heterocycles. The topological polar surface area (TPSA) is 64.1 Å². The van der Waals surface area contributed by atoms with Crippen LogP contribution in [0.3, 0.4) is 0 Å². The lowest BCUT2D eigenvalue weighted by Gasteiger charge is -2.11. The zero-order chi connectivity index (χ0) is 12.5. The number of nitrogens with one attached hydrogen (secondary N) is 1. The Morgan fingerprint density at radius 1 is 1.17 bits per heavy atom. The summed E-state index contributed by atoms with van der Waals surface area (Å²) in [6, 6.07) is 8.61. The van der Waals surface area contributed by atoms with Gasteiger partial charge in [-0.1, -0.05) is 12.1 Å². The molecular formula is C13H12N2O3. The molecule has 5 heteroatoms. The van der Waals surface area contributed by atoms with Crippen molar-refractivity contribution in [3.8, 4) is 11.4 Å². The third kappa shape index (κ3) is 2.07. The maximum atomic E-state index is 11.7. The van der Waals surface area contributed by atoms with Crippen LogP contribution in [0.1, 0.15) is 12.8 Å². The molecule has 1 aromatic carbocycles. The summed E-state index contributed by atoms with van der Waals surface area (Å²) in [5.41, 5.74) is -0.225. The summed E-state index contributed by atoms with van der Waals surface area (Å²) in [6.45, 7) is 0. The van der Waals surface area contributed by atoms with Crippen molar-refractivity contribution >= 4 is 0 Å². The van der Waals surface area contributed by atoms with E-state index in [1.807, 2.05) is 18.2 Å². The number of aromatic nitrogens is 2. The van der Waals surface area contributed by atoms with E-state index in [-0.39, 0.29) is 6.10 Å². The first kappa shape index (κ1) is 10.8. The fourth-order valence-corrected chi connectivity index (χ4v) is 1.73. The van der Waals surface area contributed by atoms with Gasteiger partial charge in [0.2, 0.25) is 0 Å². The van der Waals surface area contributed by atoms with Crippen molar-refractivity contribution < 1.29 is 4.74 Å². The van der Waals surface area contributed by atoms with E-state index in [4.69, 9.17) is 4.74 Å². The van der Waals surface area contributed by atoms with Crippen molar-refractivity contribution in [2.75, 3.05) is 0 Å². The van der Waals surface area contributed by atoms with Gasteiger partial charge in [-0.3, -0.25) is 14.3 Å². The van der Waals surface area contributed by atoms with Gasteiger partial charge in [0.15, 0.2) is 0 Å². The Labute approximate surface area is 103 Å². The van der Waals surface area contributed by atoms with Crippen LogP contribution in [-0.4, -0.2) is 15.7 Å². The Hall–Kier alpha value is -2.30. The molecule has 0 radical (unpaired) electrons. The summed E-state index contributed by atoms with van der Waals surface area (Å²) in [7, 11) is 0. The molecule has 0 atom stereocenters. The Bertz CT molecular complexity index is 683. The second-order valence-electron chi connectivity index (χ2n) is 4.27. The Morgan fingerprint density at radius 3 is 2.67 bits per heavy atom. The molecule has 1 N–H and O–H groups in total. The van der Waals surface area contributed by atoms with E-state index in [0.717, 1.165) is 12.8 Å². The van der Waals surface area contributed by atoms with Gasteiger partial charge < -0.3 is 4.74 Å². The third-order valence-electron chi connectivity index (χ3n) is 2.77. The Morgan fingerprint density at radius 2 is 1.94 bits per heavy atom. The summed E-state index contributed by atoms with van der Waals surface area (Å²) >= 11 is 0. The fraction of sp³-hybridized carbons (Fsp3) is 0.231. The number of ether oxygens (including phenoxy) is 1. The predicted molar refractivity (Wildman–Crippen MR) is 66.3 cm³/mol. The number of benzene rings is 1. The summed E-state index contributed by atoms with van der Waals surface area (Å²) < 4.78 is 7.12. The number of para-hydroxylation sites is 2. The predicted octanol–water partition coefficient (Wildman–Crippen LogP) is 1.07. The maximum absolute atomic E-state index is 11.7. The molecule has 2 aromatic rings. The smallest absolute Gasteiger partial charge is 0.333 e. The van der Waals surface area contributed by atoms with Gasteiger partial charge in [-0.05, 0) is 25.0 Å². The molecule has 1 aliphatic rings. The van der Waals surface area contributed by atoms with Gasteiger partial charge in [-0.2, -0.15) is 0 Å². The van der Waals surface area contributed by atoms with Crippen LogP contribution in [0.5, 0.6) is 5.75 Å². The molecule has 1 aromatic heterocycles. The molecule has 0 amide bonds. The monoisotopic (exact) mass is 244 g/mol. The van der Waals surface area contributed by atoms with Gasteiger partial charge in [0.05, 0.1) is 11.8 Å². The summed E-state index contributed by atoms with van der Waals surface area (Å²) in [4.78, 5) is 25.0. The second-order valence-corrected chi connectivity index (χ2v) is 4.27. The first-order valence-electron chi connectivity index (χ1n) is 5.82. The molecule has 0 saturated heterocycles. The van der Waals surface area contributed by atoms with Crippen molar-refractivity contribution in [2.24, 2.45) is 0 Å². The van der Waals surface area contributed by atoms with Crippen molar-refractivity contribution in [1.82, 2.24) is 9.55 Å². The van der Waals surface area contributed by atoms with Crippen LogP contribution in [0.15, 0.2) is 46.1 Å². The highest BCUT2D eigenvalue weighted by molar-refractivity contribution is 5.46. The average molecular weight is 244 g/mol. The zero-order valence-corrected chi connectivity index (χ0v) is 9.63. The van der Waals surface area contributed by atoms with E-state index in [1.54, 1.807) is 6.07 Å². The first-order valence-corrected chi connectivity index (χ1v) is 5.82. The molecule has 18 heavy (non-hydrogen) atoms. The second kappa shape index (κ2) is 4.18. The van der Waals surface area contributed by atoms with Gasteiger partial charge in [0, 0.05) is 12.3 Å². The average Bonchev–Trinajstić information content (AvgIpc) is 3.14. The molecule has 1 fully saturated rings. The number of hydrogen-bond donors (Lipinski definition) is 1. The van der Waals surface area contributed by atoms with Crippen LogP contribution in [0.4, 0.5) is 0 Å². The third-order valence-corrected chi connectivity index (χ3v) is 2.77. The molecule has 5 nitrogen and oxygen atoms in total. The van der Waals surface area contributed by atoms with Crippen LogP contribution in [0, 0.1) is 0 Å². The van der Waals surface area contributed by atoms with Crippen LogP contribution in [-0.2, 0) is 0 Å². The minimum Gasteiger partial charge on any atom is -0.488 e. The molecule has 0 spiro atoms. The van der Waals surface area contributed by atoms with E-state index in [9.17, 15) is 9.59 Å². The highest BCUT2D eigenvalue weighted by Crippen LogP contribution is 2.30. The number of nitrogens with zero attached hydrogens (tertiary/aromatic N) is 1. The molecule has 0 bridgehead atoms. The molecule has 0 aliphatic heterocycles. The molecule has 3 rings (SSSR count). The minimum absolute atomic E-state index is 0.254. The van der Waals surface area contributed by atoms with E-state index in [2.05, 4.69) is 4.98 Å². The number of hydrogen-bond acceptors (Lipinski definition) is 3. The molecule has 1 aliphatic carbocycles. The lowest BCUT2D eigenvalue weighted by Crippen LogP contribution is -2.27. The highest BCUT2D eigenvalue weighted by Gasteiger charge is 2.24. The quantitative estimate of drug-likeness (QED) is 0.878. The Balaban J connectivity index is 2.09.